The Bertz CT molecular complexity index is 1190. The minimum absolute atomic E-state index is 0.306. The van der Waals surface area contributed by atoms with Gasteiger partial charge in [0.25, 0.3) is 5.91 Å². The molecule has 3 aromatic carbocycles. The van der Waals surface area contributed by atoms with Crippen LogP contribution in [0.3, 0.4) is 0 Å². The monoisotopic (exact) mass is 430 g/mol. The van der Waals surface area contributed by atoms with Gasteiger partial charge in [-0.25, -0.2) is 4.98 Å². The number of aromatic nitrogens is 1. The molecule has 1 N–H and O–H groups in total. The van der Waals surface area contributed by atoms with Crippen molar-refractivity contribution in [2.75, 3.05) is 26.6 Å². The van der Waals surface area contributed by atoms with Crippen LogP contribution in [0.1, 0.15) is 10.4 Å². The number of nitrogens with one attached hydrogen (secondary N) is 1. The van der Waals surface area contributed by atoms with Crippen LogP contribution in [0.5, 0.6) is 17.2 Å². The molecule has 4 aromatic rings. The fraction of sp³-hybridized carbons (Fsp3) is 0.120. The molecule has 4 rings (SSSR count). The summed E-state index contributed by atoms with van der Waals surface area (Å²) < 4.78 is 21.6. The highest BCUT2D eigenvalue weighted by molar-refractivity contribution is 6.05. The fourth-order valence-corrected chi connectivity index (χ4v) is 3.26. The van der Waals surface area contributed by atoms with E-state index in [2.05, 4.69) is 10.3 Å². The molecule has 7 heteroatoms. The van der Waals surface area contributed by atoms with Gasteiger partial charge >= 0.3 is 0 Å². The Hall–Kier alpha value is -4.26. The fourth-order valence-electron chi connectivity index (χ4n) is 3.26. The van der Waals surface area contributed by atoms with Gasteiger partial charge in [0.1, 0.15) is 12.0 Å². The molecule has 162 valence electrons. The standard InChI is InChI=1S/C25H22N2O5/c1-29-21-13-18(14-22(30-2)23(21)31-3)24(28)26-19-11-9-17(10-12-19)25-27-20(15-32-25)16-7-5-4-6-8-16/h4-15H,1-3H3,(H,26,28). The molecule has 0 radical (unpaired) electrons. The van der Waals surface area contributed by atoms with Crippen molar-refractivity contribution < 1.29 is 23.4 Å². The summed E-state index contributed by atoms with van der Waals surface area (Å²) in [4.78, 5) is 17.3. The van der Waals surface area contributed by atoms with Crippen molar-refractivity contribution in [3.8, 4) is 40.0 Å². The van der Waals surface area contributed by atoms with Gasteiger partial charge in [-0.1, -0.05) is 30.3 Å². The number of hydrogen-bond donors (Lipinski definition) is 1. The van der Waals surface area contributed by atoms with Gasteiger partial charge in [0.2, 0.25) is 11.6 Å². The summed E-state index contributed by atoms with van der Waals surface area (Å²) in [5, 5.41) is 2.87. The Kier molecular flexibility index (Phi) is 6.07. The van der Waals surface area contributed by atoms with Gasteiger partial charge in [-0.3, -0.25) is 4.79 Å². The van der Waals surface area contributed by atoms with E-state index in [1.54, 1.807) is 30.5 Å². The van der Waals surface area contributed by atoms with Gasteiger partial charge in [-0.2, -0.15) is 0 Å². The van der Waals surface area contributed by atoms with Crippen molar-refractivity contribution in [2.45, 2.75) is 0 Å². The van der Waals surface area contributed by atoms with Gasteiger partial charge in [0.15, 0.2) is 11.5 Å². The first-order valence-electron chi connectivity index (χ1n) is 9.85. The van der Waals surface area contributed by atoms with Crippen LogP contribution in [0, 0.1) is 0 Å². The molecule has 1 amide bonds. The third-order valence-corrected chi connectivity index (χ3v) is 4.89. The molecule has 0 saturated carbocycles. The lowest BCUT2D eigenvalue weighted by Crippen LogP contribution is -2.12. The summed E-state index contributed by atoms with van der Waals surface area (Å²) in [7, 11) is 4.52. The average Bonchev–Trinajstić information content (AvgIpc) is 3.34. The smallest absolute Gasteiger partial charge is 0.255 e. The Morgan fingerprint density at radius 3 is 2.09 bits per heavy atom. The maximum Gasteiger partial charge on any atom is 0.255 e. The zero-order valence-corrected chi connectivity index (χ0v) is 17.9. The molecule has 0 atom stereocenters. The highest BCUT2D eigenvalue weighted by atomic mass is 16.5. The Balaban J connectivity index is 1.51. The molecule has 0 aliphatic rings. The molecule has 0 aliphatic carbocycles. The minimum Gasteiger partial charge on any atom is -0.493 e. The number of carbonyl (C=O) groups excluding carboxylic acids is 1. The lowest BCUT2D eigenvalue weighted by molar-refractivity contribution is 0.102. The molecule has 0 spiro atoms. The number of oxazole rings is 1. The number of nitrogens with zero attached hydrogens (tertiary/aromatic N) is 1. The van der Waals surface area contributed by atoms with Gasteiger partial charge in [0.05, 0.1) is 21.3 Å². The molecule has 7 nitrogen and oxygen atoms in total. The summed E-state index contributed by atoms with van der Waals surface area (Å²) in [6, 6.07) is 20.3. The van der Waals surface area contributed by atoms with Crippen molar-refractivity contribution in [1.29, 1.82) is 0 Å². The molecule has 1 aromatic heterocycles. The molecular formula is C25H22N2O5. The second kappa shape index (κ2) is 9.26. The third kappa shape index (κ3) is 4.27. The SMILES string of the molecule is COc1cc(C(=O)Nc2ccc(-c3nc(-c4ccccc4)co3)cc2)cc(OC)c1OC. The molecule has 0 fully saturated rings. The third-order valence-electron chi connectivity index (χ3n) is 4.89. The Labute approximate surface area is 185 Å². The van der Waals surface area contributed by atoms with Crippen molar-refractivity contribution in [1.82, 2.24) is 4.98 Å². The van der Waals surface area contributed by atoms with Gasteiger partial charge in [0, 0.05) is 22.4 Å². The number of amides is 1. The van der Waals surface area contributed by atoms with Crippen LogP contribution < -0.4 is 19.5 Å². The molecule has 0 bridgehead atoms. The molecule has 1 heterocycles. The van der Waals surface area contributed by atoms with Crippen LogP contribution in [-0.2, 0) is 0 Å². The number of hydrogen-bond acceptors (Lipinski definition) is 6. The van der Waals surface area contributed by atoms with Gasteiger partial charge in [-0.15, -0.1) is 0 Å². The first-order valence-corrected chi connectivity index (χ1v) is 9.85. The van der Waals surface area contributed by atoms with E-state index in [1.807, 2.05) is 42.5 Å². The van der Waals surface area contributed by atoms with Crippen LogP contribution in [0.4, 0.5) is 5.69 Å². The zero-order valence-electron chi connectivity index (χ0n) is 17.9. The summed E-state index contributed by atoms with van der Waals surface area (Å²) in [5.41, 5.74) is 3.56. The highest BCUT2D eigenvalue weighted by Gasteiger charge is 2.17. The number of benzene rings is 3. The van der Waals surface area contributed by atoms with Crippen molar-refractivity contribution in [3.05, 3.63) is 78.6 Å². The van der Waals surface area contributed by atoms with Gasteiger partial charge < -0.3 is 23.9 Å². The van der Waals surface area contributed by atoms with Crippen LogP contribution >= 0.6 is 0 Å². The number of methoxy groups -OCH3 is 3. The maximum atomic E-state index is 12.8. The van der Waals surface area contributed by atoms with E-state index in [4.69, 9.17) is 18.6 Å². The predicted octanol–water partition coefficient (Wildman–Crippen LogP) is 5.29. The number of rotatable bonds is 7. The molecule has 0 unspecified atom stereocenters. The number of ether oxygens (including phenoxy) is 3. The van der Waals surface area contributed by atoms with Crippen molar-refractivity contribution in [3.63, 3.8) is 0 Å². The highest BCUT2D eigenvalue weighted by Crippen LogP contribution is 2.38. The van der Waals surface area contributed by atoms with Crippen LogP contribution in [0.15, 0.2) is 77.4 Å². The normalized spacial score (nSPS) is 10.5. The quantitative estimate of drug-likeness (QED) is 0.429. The van der Waals surface area contributed by atoms with E-state index in [-0.39, 0.29) is 5.91 Å². The zero-order chi connectivity index (χ0) is 22.5. The lowest BCUT2D eigenvalue weighted by atomic mass is 10.1. The van der Waals surface area contributed by atoms with Crippen LogP contribution in [0.2, 0.25) is 0 Å². The topological polar surface area (TPSA) is 82.8 Å². The second-order valence-electron chi connectivity index (χ2n) is 6.85. The van der Waals surface area contributed by atoms with E-state index < -0.39 is 0 Å². The van der Waals surface area contributed by atoms with Crippen molar-refractivity contribution in [2.24, 2.45) is 0 Å². The summed E-state index contributed by atoms with van der Waals surface area (Å²) in [6.45, 7) is 0. The summed E-state index contributed by atoms with van der Waals surface area (Å²) in [5.74, 6) is 1.44. The number of carbonyl (C=O) groups is 1. The van der Waals surface area contributed by atoms with Crippen molar-refractivity contribution >= 4 is 11.6 Å². The van der Waals surface area contributed by atoms with E-state index >= 15 is 0 Å². The summed E-state index contributed by atoms with van der Waals surface area (Å²) in [6.07, 6.45) is 1.63. The molecule has 32 heavy (non-hydrogen) atoms. The van der Waals surface area contributed by atoms with E-state index in [9.17, 15) is 4.79 Å². The molecular weight excluding hydrogens is 408 g/mol. The van der Waals surface area contributed by atoms with E-state index in [1.165, 1.54) is 21.3 Å². The Morgan fingerprint density at radius 2 is 1.50 bits per heavy atom. The van der Waals surface area contributed by atoms with Crippen LogP contribution in [-0.4, -0.2) is 32.2 Å². The number of anilines is 1. The van der Waals surface area contributed by atoms with E-state index in [0.29, 0.717) is 34.4 Å². The lowest BCUT2D eigenvalue weighted by Gasteiger charge is -2.14. The summed E-state index contributed by atoms with van der Waals surface area (Å²) >= 11 is 0. The first-order chi connectivity index (χ1) is 15.6. The predicted molar refractivity (Wildman–Crippen MR) is 121 cm³/mol. The Morgan fingerprint density at radius 1 is 0.844 bits per heavy atom. The largest absolute Gasteiger partial charge is 0.493 e. The molecule has 0 saturated heterocycles. The molecule has 0 aliphatic heterocycles. The van der Waals surface area contributed by atoms with Crippen LogP contribution in [0.25, 0.3) is 22.7 Å². The van der Waals surface area contributed by atoms with Gasteiger partial charge in [-0.05, 0) is 36.4 Å². The second-order valence-corrected chi connectivity index (χ2v) is 6.85. The van der Waals surface area contributed by atoms with E-state index in [0.717, 1.165) is 16.8 Å². The minimum atomic E-state index is -0.306. The first kappa shape index (κ1) is 21.0. The maximum absolute atomic E-state index is 12.8. The average molecular weight is 430 g/mol.